The average molecular weight is 451 g/mol. The van der Waals surface area contributed by atoms with Crippen molar-refractivity contribution < 1.29 is 14.3 Å². The van der Waals surface area contributed by atoms with Crippen molar-refractivity contribution in [1.29, 1.82) is 0 Å². The Morgan fingerprint density at radius 3 is 2.67 bits per heavy atom. The molecule has 1 aromatic rings. The summed E-state index contributed by atoms with van der Waals surface area (Å²) in [7, 11) is 0. The van der Waals surface area contributed by atoms with Crippen LogP contribution in [0.1, 0.15) is 44.1 Å². The molecule has 176 valence electrons. The summed E-state index contributed by atoms with van der Waals surface area (Å²) in [6, 6.07) is 10.1. The van der Waals surface area contributed by atoms with Crippen LogP contribution in [0, 0.1) is 11.8 Å². The minimum atomic E-state index is -0.507. The highest BCUT2D eigenvalue weighted by molar-refractivity contribution is 6.16. The second-order valence-electron chi connectivity index (χ2n) is 9.26. The molecule has 0 bridgehead atoms. The van der Waals surface area contributed by atoms with E-state index >= 15 is 0 Å². The van der Waals surface area contributed by atoms with Gasteiger partial charge in [-0.15, -0.1) is 6.58 Å². The summed E-state index contributed by atoms with van der Waals surface area (Å²) >= 11 is 0. The first-order valence-electron chi connectivity index (χ1n) is 12.0. The van der Waals surface area contributed by atoms with Crippen molar-refractivity contribution in [1.82, 2.24) is 10.6 Å². The number of benzene rings is 1. The molecule has 1 aliphatic heterocycles. The topological polar surface area (TPSA) is 92.1 Å². The van der Waals surface area contributed by atoms with Gasteiger partial charge in [0.15, 0.2) is 0 Å². The number of nitrogens with zero attached hydrogens (tertiary/aromatic N) is 2. The van der Waals surface area contributed by atoms with Gasteiger partial charge in [-0.1, -0.05) is 49.2 Å². The Bertz CT molecular complexity index is 892. The summed E-state index contributed by atoms with van der Waals surface area (Å²) in [5, 5.41) is 6.05. The van der Waals surface area contributed by atoms with Gasteiger partial charge in [-0.05, 0) is 43.7 Å². The predicted octanol–water partition coefficient (Wildman–Crippen LogP) is 2.81. The Morgan fingerprint density at radius 2 is 1.97 bits per heavy atom. The summed E-state index contributed by atoms with van der Waals surface area (Å²) in [5.41, 5.74) is 0.567. The first-order valence-corrected chi connectivity index (χ1v) is 12.0. The highest BCUT2D eigenvalue weighted by atomic mass is 16.5. The maximum absolute atomic E-state index is 13.4. The average Bonchev–Trinajstić information content (AvgIpc) is 3.34. The van der Waals surface area contributed by atoms with E-state index in [4.69, 9.17) is 4.74 Å². The van der Waals surface area contributed by atoms with Crippen molar-refractivity contribution in [3.63, 3.8) is 0 Å². The number of aliphatic imine (C=N–C) groups is 2. The van der Waals surface area contributed by atoms with Crippen molar-refractivity contribution in [2.45, 2.75) is 56.2 Å². The van der Waals surface area contributed by atoms with E-state index in [1.54, 1.807) is 12.4 Å². The van der Waals surface area contributed by atoms with Crippen molar-refractivity contribution in [2.24, 2.45) is 21.8 Å². The van der Waals surface area contributed by atoms with Gasteiger partial charge in [-0.25, -0.2) is 0 Å². The maximum Gasteiger partial charge on any atom is 0.316 e. The van der Waals surface area contributed by atoms with E-state index in [9.17, 15) is 9.59 Å². The van der Waals surface area contributed by atoms with Crippen LogP contribution in [-0.4, -0.2) is 56.2 Å². The number of hydrogen-bond donors (Lipinski definition) is 2. The summed E-state index contributed by atoms with van der Waals surface area (Å²) in [5.74, 6) is 0.390. The van der Waals surface area contributed by atoms with Crippen LogP contribution in [0.15, 0.2) is 53.0 Å². The van der Waals surface area contributed by atoms with Crippen LogP contribution < -0.4 is 10.6 Å². The van der Waals surface area contributed by atoms with E-state index in [2.05, 4.69) is 39.3 Å². The first-order chi connectivity index (χ1) is 16.1. The van der Waals surface area contributed by atoms with E-state index in [-0.39, 0.29) is 36.6 Å². The summed E-state index contributed by atoms with van der Waals surface area (Å²) in [6.45, 7) is 5.33. The largest absolute Gasteiger partial charge is 0.461 e. The highest BCUT2D eigenvalue weighted by Crippen LogP contribution is 2.45. The first kappa shape index (κ1) is 23.4. The van der Waals surface area contributed by atoms with Crippen LogP contribution in [-0.2, 0) is 19.7 Å². The zero-order valence-electron chi connectivity index (χ0n) is 19.1. The van der Waals surface area contributed by atoms with Gasteiger partial charge in [-0.2, -0.15) is 0 Å². The van der Waals surface area contributed by atoms with E-state index in [1.807, 2.05) is 24.3 Å². The number of esters is 1. The number of nitrogens with one attached hydrogen (secondary N) is 2. The normalized spacial score (nSPS) is 27.5. The third-order valence-corrected chi connectivity index (χ3v) is 7.25. The van der Waals surface area contributed by atoms with Crippen LogP contribution in [0.5, 0.6) is 0 Å². The quantitative estimate of drug-likeness (QED) is 0.326. The van der Waals surface area contributed by atoms with Gasteiger partial charge in [0.1, 0.15) is 12.3 Å². The number of hydrogen-bond acceptors (Lipinski definition) is 6. The molecule has 33 heavy (non-hydrogen) atoms. The van der Waals surface area contributed by atoms with Crippen LogP contribution in [0.25, 0.3) is 0 Å². The molecular weight excluding hydrogens is 416 g/mol. The SMILES string of the molecule is C=CC1C[C@H](OC(=O)C2(c3ccccc3)CCCC2)C1CCNCC(=O)NC1CN=CC=N1. The lowest BCUT2D eigenvalue weighted by molar-refractivity contribution is -0.168. The molecule has 0 radical (unpaired) electrons. The standard InChI is InChI=1S/C26H34N4O3/c1-2-19-16-22(21(19)10-13-27-18-24(31)30-23-17-28-14-15-29-23)33-25(32)26(11-6-7-12-26)20-8-4-3-5-9-20/h2-5,8-9,14-15,19,21-23,27H,1,6-7,10-13,16-18H2,(H,30,31)/t19?,21?,22-,23?/m0/s1. The van der Waals surface area contributed by atoms with Crippen molar-refractivity contribution in [2.75, 3.05) is 19.6 Å². The molecule has 7 heteroatoms. The Morgan fingerprint density at radius 1 is 1.18 bits per heavy atom. The fraction of sp³-hybridized carbons (Fsp3) is 0.538. The molecule has 2 aliphatic carbocycles. The van der Waals surface area contributed by atoms with Gasteiger partial charge in [0.2, 0.25) is 5.91 Å². The van der Waals surface area contributed by atoms with Crippen LogP contribution >= 0.6 is 0 Å². The molecule has 1 amide bonds. The van der Waals surface area contributed by atoms with Gasteiger partial charge in [-0.3, -0.25) is 19.6 Å². The van der Waals surface area contributed by atoms with E-state index in [0.29, 0.717) is 19.0 Å². The lowest BCUT2D eigenvalue weighted by Gasteiger charge is -2.44. The molecule has 0 saturated heterocycles. The monoisotopic (exact) mass is 450 g/mol. The lowest BCUT2D eigenvalue weighted by atomic mass is 9.69. The van der Waals surface area contributed by atoms with Gasteiger partial charge >= 0.3 is 5.97 Å². The molecule has 2 N–H and O–H groups in total. The van der Waals surface area contributed by atoms with Crippen LogP contribution in [0.4, 0.5) is 0 Å². The molecule has 7 nitrogen and oxygen atoms in total. The predicted molar refractivity (Wildman–Crippen MR) is 130 cm³/mol. The molecule has 0 aromatic heterocycles. The zero-order chi connectivity index (χ0) is 23.1. The van der Waals surface area contributed by atoms with Gasteiger partial charge in [0.25, 0.3) is 0 Å². The zero-order valence-corrected chi connectivity index (χ0v) is 19.1. The Kier molecular flexibility index (Phi) is 7.70. The van der Waals surface area contributed by atoms with Crippen LogP contribution in [0.2, 0.25) is 0 Å². The Hall–Kier alpha value is -2.80. The van der Waals surface area contributed by atoms with Crippen molar-refractivity contribution in [3.8, 4) is 0 Å². The molecule has 3 aliphatic rings. The van der Waals surface area contributed by atoms with Gasteiger partial charge < -0.3 is 15.4 Å². The van der Waals surface area contributed by atoms with E-state index in [0.717, 1.165) is 44.1 Å². The molecule has 3 unspecified atom stereocenters. The number of rotatable bonds is 10. The summed E-state index contributed by atoms with van der Waals surface area (Å²) in [6.07, 6.45) is 10.3. The molecule has 1 heterocycles. The second-order valence-corrected chi connectivity index (χ2v) is 9.26. The molecule has 4 rings (SSSR count). The fourth-order valence-electron chi connectivity index (χ4n) is 5.29. The van der Waals surface area contributed by atoms with Gasteiger partial charge in [0.05, 0.1) is 18.5 Å². The smallest absolute Gasteiger partial charge is 0.316 e. The minimum absolute atomic E-state index is 0.0771. The number of allylic oxidation sites excluding steroid dienone is 1. The van der Waals surface area contributed by atoms with Crippen molar-refractivity contribution in [3.05, 3.63) is 48.6 Å². The number of carbonyl (C=O) groups is 2. The molecule has 4 atom stereocenters. The maximum atomic E-state index is 13.4. The number of ether oxygens (including phenoxy) is 1. The molecule has 0 spiro atoms. The van der Waals surface area contributed by atoms with Gasteiger partial charge in [0, 0.05) is 18.3 Å². The minimum Gasteiger partial charge on any atom is -0.461 e. The molecule has 2 fully saturated rings. The summed E-state index contributed by atoms with van der Waals surface area (Å²) < 4.78 is 6.13. The number of carbonyl (C=O) groups excluding carboxylic acids is 2. The highest BCUT2D eigenvalue weighted by Gasteiger charge is 2.48. The Balaban J connectivity index is 1.26. The second kappa shape index (κ2) is 10.9. The molecular formula is C26H34N4O3. The van der Waals surface area contributed by atoms with E-state index < -0.39 is 5.41 Å². The van der Waals surface area contributed by atoms with E-state index in [1.165, 1.54) is 0 Å². The summed E-state index contributed by atoms with van der Waals surface area (Å²) in [4.78, 5) is 33.7. The molecule has 1 aromatic carbocycles. The fourth-order valence-corrected chi connectivity index (χ4v) is 5.29. The lowest BCUT2D eigenvalue weighted by Crippen LogP contribution is -2.48. The number of amides is 1. The van der Waals surface area contributed by atoms with Crippen LogP contribution in [0.3, 0.4) is 0 Å². The third-order valence-electron chi connectivity index (χ3n) is 7.25. The third kappa shape index (κ3) is 5.41. The molecule has 2 saturated carbocycles. The van der Waals surface area contributed by atoms with Crippen molar-refractivity contribution >= 4 is 24.3 Å². The Labute approximate surface area is 195 Å².